The number of rotatable bonds is 8. The Morgan fingerprint density at radius 2 is 1.30 bits per heavy atom. The fourth-order valence-electron chi connectivity index (χ4n) is 9.31. The Balaban J connectivity index is 0.000000236. The number of amides is 2. The minimum Gasteiger partial charge on any atom is -0.444 e. The molecule has 9 N–H and O–H groups in total. The molecule has 0 unspecified atom stereocenters. The predicted molar refractivity (Wildman–Crippen MR) is 295 cm³/mol. The second-order valence-corrected chi connectivity index (χ2v) is 23.5. The molecule has 0 aliphatic carbocycles. The first-order valence-corrected chi connectivity index (χ1v) is 26.7. The van der Waals surface area contributed by atoms with Crippen LogP contribution in [0.3, 0.4) is 0 Å². The van der Waals surface area contributed by atoms with Crippen molar-refractivity contribution < 1.29 is 38.7 Å². The molecule has 0 saturated carbocycles. The maximum absolute atomic E-state index is 12.5. The SMILES string of the molecule is C[C@@H]1OCC2(CCN(c3ncc(Br)nc3CO)CC2)[C@@H]1NC(=O)OC(C)(C)C.C[C@@H]1OCC2(CCN(c3ncc(Sc4ccnc(N)c4Cl)nc3CO)CC2)[C@@H]1NC(=O)OC(C)(C)C.Cl.Nc1[nH]ccc(=S)c1Cl. The van der Waals surface area contributed by atoms with Gasteiger partial charge in [0.05, 0.1) is 77.7 Å². The molecule has 2 spiro atoms. The van der Waals surface area contributed by atoms with Gasteiger partial charge in [-0.05, 0) is 109 Å². The minimum atomic E-state index is -0.567. The molecule has 0 radical (unpaired) electrons. The van der Waals surface area contributed by atoms with Gasteiger partial charge in [0, 0.05) is 54.3 Å². The summed E-state index contributed by atoms with van der Waals surface area (Å²) in [5.41, 5.74) is 10.8. The van der Waals surface area contributed by atoms with Crippen LogP contribution in [0.15, 0.2) is 51.4 Å². The Kier molecular flexibility index (Phi) is 21.3. The number of hydrogen-bond donors (Lipinski definition) is 7. The number of alkyl carbamates (subject to hydrolysis) is 2. The molecule has 4 aromatic heterocycles. The highest BCUT2D eigenvalue weighted by Gasteiger charge is 2.52. The number of nitrogens with two attached hydrogens (primary N) is 2. The number of anilines is 4. The van der Waals surface area contributed by atoms with Crippen LogP contribution >= 0.6 is 75.5 Å². The third-order valence-corrected chi connectivity index (χ3v) is 15.6. The predicted octanol–water partition coefficient (Wildman–Crippen LogP) is 8.68. The van der Waals surface area contributed by atoms with Crippen molar-refractivity contribution in [1.82, 2.24) is 40.5 Å². The molecule has 4 fully saturated rings. The number of carbonyl (C=O) groups excluding carboxylic acids is 2. The van der Waals surface area contributed by atoms with Gasteiger partial charge in [-0.25, -0.2) is 34.5 Å². The van der Waals surface area contributed by atoms with Gasteiger partial charge in [-0.15, -0.1) is 12.4 Å². The normalized spacial score (nSPS) is 20.9. The van der Waals surface area contributed by atoms with Crippen molar-refractivity contribution in [2.24, 2.45) is 10.8 Å². The van der Waals surface area contributed by atoms with Gasteiger partial charge in [0.25, 0.3) is 0 Å². The molecule has 4 aliphatic heterocycles. The van der Waals surface area contributed by atoms with E-state index in [2.05, 4.69) is 66.3 Å². The van der Waals surface area contributed by atoms with Gasteiger partial charge in [-0.1, -0.05) is 47.2 Å². The van der Waals surface area contributed by atoms with Crippen molar-refractivity contribution in [3.8, 4) is 0 Å². The number of aliphatic hydroxyl groups excluding tert-OH is 2. The lowest BCUT2D eigenvalue weighted by atomic mass is 9.73. The topological polar surface area (TPSA) is 274 Å². The first kappa shape index (κ1) is 60.8. The van der Waals surface area contributed by atoms with E-state index in [0.717, 1.165) is 38.8 Å². The van der Waals surface area contributed by atoms with E-state index in [9.17, 15) is 19.8 Å². The van der Waals surface area contributed by atoms with E-state index in [0.29, 0.717) is 84.2 Å². The smallest absolute Gasteiger partial charge is 0.407 e. The van der Waals surface area contributed by atoms with Crippen molar-refractivity contribution in [3.63, 3.8) is 0 Å². The van der Waals surface area contributed by atoms with Crippen molar-refractivity contribution in [1.29, 1.82) is 0 Å². The van der Waals surface area contributed by atoms with Gasteiger partial charge < -0.3 is 66.0 Å². The molecule has 8 heterocycles. The zero-order chi connectivity index (χ0) is 53.5. The zero-order valence-corrected chi connectivity index (χ0v) is 48.3. The number of halogens is 4. The van der Waals surface area contributed by atoms with Crippen molar-refractivity contribution in [3.05, 3.63) is 67.5 Å². The number of hydrogen-bond acceptors (Lipinski definition) is 19. The molecule has 4 aromatic rings. The maximum atomic E-state index is 12.5. The standard InChI is InChI=1S/C24H33ClN6O4S.C19H29BrN4O4.C5H5ClN2S.ClH/c1-14-19(30-22(33)35-23(2,3)4)24(13-34-14)6-9-31(10-7-24)21-15(12-32)29-17(11-28-21)36-16-5-8-27-20(26)18(16)25;1-12-15(23-17(26)28-18(2,3)4)19(11-27-12)5-7-24(8-6-19)16-13(10-25)22-14(20)9-21-16;6-4-3(9)1-2-8-5(4)7;/h5,8,11,14,19,32H,6-7,9-10,12-13H2,1-4H3,(H2,26,27)(H,30,33);9,12,15,25H,5-8,10-11H2,1-4H3,(H,23,26);1-2H,(H3,7,8,9);1H/t14-,19+;12-,15+;;/m00../s1. The summed E-state index contributed by atoms with van der Waals surface area (Å²) in [6, 6.07) is 3.20. The Morgan fingerprint density at radius 3 is 1.74 bits per heavy atom. The van der Waals surface area contributed by atoms with E-state index in [1.54, 1.807) is 36.9 Å². The molecular formula is C48H68BrCl3N12O8S2. The largest absolute Gasteiger partial charge is 0.444 e. The number of H-pyrrole nitrogens is 1. The van der Waals surface area contributed by atoms with Crippen LogP contribution in [-0.4, -0.2) is 127 Å². The van der Waals surface area contributed by atoms with Gasteiger partial charge in [0.2, 0.25) is 0 Å². The Labute approximate surface area is 466 Å². The third-order valence-electron chi connectivity index (χ3n) is 12.9. The number of piperidine rings is 2. The van der Waals surface area contributed by atoms with Gasteiger partial charge in [0.15, 0.2) is 11.6 Å². The number of nitrogens with zero attached hydrogens (tertiary/aromatic N) is 7. The molecular weight excluding hydrogens is 1120 g/mol. The molecule has 0 bridgehead atoms. The second kappa shape index (κ2) is 25.9. The summed E-state index contributed by atoms with van der Waals surface area (Å²) in [6.07, 6.45) is 8.84. The molecule has 8 rings (SSSR count). The lowest BCUT2D eigenvalue weighted by Crippen LogP contribution is -2.55. The Hall–Kier alpha value is -4.04. The number of carbonyl (C=O) groups is 2. The Bertz CT molecular complexity index is 2620. The van der Waals surface area contributed by atoms with E-state index in [1.807, 2.05) is 55.4 Å². The lowest BCUT2D eigenvalue weighted by molar-refractivity contribution is 0.0424. The summed E-state index contributed by atoms with van der Waals surface area (Å²) in [4.78, 5) is 54.5. The minimum absolute atomic E-state index is 0. The number of nitrogens with one attached hydrogen (secondary N) is 3. The van der Waals surface area contributed by atoms with Crippen LogP contribution in [0.25, 0.3) is 0 Å². The average molecular weight is 1190 g/mol. The van der Waals surface area contributed by atoms with Gasteiger partial charge in [-0.3, -0.25) is 0 Å². The zero-order valence-electron chi connectivity index (χ0n) is 42.7. The molecule has 20 nitrogen and oxygen atoms in total. The highest BCUT2D eigenvalue weighted by Crippen LogP contribution is 2.45. The van der Waals surface area contributed by atoms with Crippen molar-refractivity contribution >= 4 is 111 Å². The quantitative estimate of drug-likeness (QED) is 0.0813. The van der Waals surface area contributed by atoms with Gasteiger partial charge >= 0.3 is 12.2 Å². The molecule has 4 atom stereocenters. The first-order chi connectivity index (χ1) is 34.4. The Morgan fingerprint density at radius 1 is 0.824 bits per heavy atom. The highest BCUT2D eigenvalue weighted by molar-refractivity contribution is 9.10. The number of pyridine rings is 2. The average Bonchev–Trinajstić information content (AvgIpc) is 3.79. The fourth-order valence-corrected chi connectivity index (χ4v) is 11.0. The summed E-state index contributed by atoms with van der Waals surface area (Å²) in [7, 11) is 0. The van der Waals surface area contributed by atoms with E-state index >= 15 is 0 Å². The van der Waals surface area contributed by atoms with Gasteiger partial charge in [0.1, 0.15) is 43.9 Å². The fraction of sp³-hybridized carbons (Fsp3) is 0.583. The summed E-state index contributed by atoms with van der Waals surface area (Å²) < 4.78 is 24.0. The highest BCUT2D eigenvalue weighted by atomic mass is 79.9. The number of aromatic amines is 1. The maximum Gasteiger partial charge on any atom is 0.407 e. The lowest BCUT2D eigenvalue weighted by Gasteiger charge is -2.43. The van der Waals surface area contributed by atoms with Crippen LogP contribution in [-0.2, 0) is 32.2 Å². The molecule has 2 amide bonds. The number of nitrogen functional groups attached to an aromatic ring is 2. The van der Waals surface area contributed by atoms with Crippen LogP contribution < -0.4 is 31.9 Å². The molecule has 0 aromatic carbocycles. The van der Waals surface area contributed by atoms with Crippen LogP contribution in [0.5, 0.6) is 0 Å². The molecule has 74 heavy (non-hydrogen) atoms. The van der Waals surface area contributed by atoms with Crippen LogP contribution in [0.2, 0.25) is 10.0 Å². The third kappa shape index (κ3) is 15.6. The number of aromatic nitrogens is 6. The molecule has 4 aliphatic rings. The van der Waals surface area contributed by atoms with E-state index in [4.69, 9.17) is 65.8 Å². The molecule has 408 valence electrons. The summed E-state index contributed by atoms with van der Waals surface area (Å²) in [6.45, 7) is 18.8. The summed E-state index contributed by atoms with van der Waals surface area (Å²) in [5, 5.41) is 27.2. The molecule has 26 heteroatoms. The van der Waals surface area contributed by atoms with Crippen molar-refractivity contribution in [2.75, 3.05) is 60.7 Å². The number of aliphatic hydroxyl groups is 2. The van der Waals surface area contributed by atoms with E-state index in [-0.39, 0.29) is 66.6 Å². The van der Waals surface area contributed by atoms with Crippen LogP contribution in [0, 0.1) is 15.3 Å². The van der Waals surface area contributed by atoms with Gasteiger partial charge in [-0.2, -0.15) is 0 Å². The van der Waals surface area contributed by atoms with E-state index < -0.39 is 23.4 Å². The molecule has 4 saturated heterocycles. The first-order valence-electron chi connectivity index (χ1n) is 23.9. The monoisotopic (exact) mass is 1190 g/mol. The second-order valence-electron chi connectivity index (χ2n) is 20.4. The van der Waals surface area contributed by atoms with Crippen LogP contribution in [0.4, 0.5) is 32.9 Å². The van der Waals surface area contributed by atoms with Crippen molar-refractivity contribution in [2.45, 2.75) is 140 Å². The number of ether oxygens (including phenoxy) is 4. The van der Waals surface area contributed by atoms with Crippen LogP contribution in [0.1, 0.15) is 92.5 Å². The van der Waals surface area contributed by atoms with E-state index in [1.165, 1.54) is 11.8 Å². The summed E-state index contributed by atoms with van der Waals surface area (Å²) in [5.74, 6) is 2.04. The summed E-state index contributed by atoms with van der Waals surface area (Å²) >= 11 is 21.3.